The van der Waals surface area contributed by atoms with E-state index in [1.165, 1.54) is 0 Å². The van der Waals surface area contributed by atoms with E-state index in [-0.39, 0.29) is 0 Å². The normalized spacial score (nSPS) is 12.3. The van der Waals surface area contributed by atoms with E-state index in [9.17, 15) is 0 Å². The molecule has 0 aromatic rings. The van der Waals surface area contributed by atoms with Crippen LogP contribution in [0.4, 0.5) is 0 Å². The molecule has 0 aliphatic rings. The van der Waals surface area contributed by atoms with Crippen molar-refractivity contribution in [1.82, 2.24) is 10.6 Å². The molecule has 0 bridgehead atoms. The molecule has 0 rings (SSSR count). The highest BCUT2D eigenvalue weighted by atomic mass is 16.5. The number of nitrogens with one attached hydrogen (secondary N) is 2. The van der Waals surface area contributed by atoms with Gasteiger partial charge in [-0.05, 0) is 25.2 Å². The minimum absolute atomic E-state index is 0.595. The molecule has 0 spiro atoms. The maximum Gasteiger partial charge on any atom is 0.191 e. The predicted octanol–water partition coefficient (Wildman–Crippen LogP) is 2.26. The van der Waals surface area contributed by atoms with Crippen LogP contribution in [0.1, 0.15) is 41.0 Å². The van der Waals surface area contributed by atoms with E-state index >= 15 is 0 Å². The minimum Gasteiger partial charge on any atom is -0.379 e. The molecule has 0 amide bonds. The summed E-state index contributed by atoms with van der Waals surface area (Å²) in [5, 5.41) is 6.52. The van der Waals surface area contributed by atoms with Gasteiger partial charge >= 0.3 is 0 Å². The average molecular weight is 257 g/mol. The monoisotopic (exact) mass is 257 g/mol. The van der Waals surface area contributed by atoms with Crippen LogP contribution in [-0.2, 0) is 4.74 Å². The minimum atomic E-state index is 0.595. The zero-order valence-corrected chi connectivity index (χ0v) is 12.8. The summed E-state index contributed by atoms with van der Waals surface area (Å²) in [5.41, 5.74) is 0. The van der Waals surface area contributed by atoms with Crippen LogP contribution < -0.4 is 10.6 Å². The molecular formula is C14H31N3O. The number of guanidine groups is 1. The first-order valence-corrected chi connectivity index (χ1v) is 7.16. The number of nitrogens with zero attached hydrogens (tertiary/aromatic N) is 1. The SMILES string of the molecule is CCNC(=NCCC(C)C)NCCOCC(C)C. The second-order valence-electron chi connectivity index (χ2n) is 5.34. The van der Waals surface area contributed by atoms with Crippen LogP contribution in [0.3, 0.4) is 0 Å². The van der Waals surface area contributed by atoms with Crippen molar-refractivity contribution in [2.24, 2.45) is 16.8 Å². The highest BCUT2D eigenvalue weighted by molar-refractivity contribution is 5.79. The molecule has 0 radical (unpaired) electrons. The Kier molecular flexibility index (Phi) is 10.8. The first-order chi connectivity index (χ1) is 8.56. The first-order valence-electron chi connectivity index (χ1n) is 7.16. The van der Waals surface area contributed by atoms with Gasteiger partial charge in [-0.3, -0.25) is 4.99 Å². The van der Waals surface area contributed by atoms with Crippen molar-refractivity contribution in [1.29, 1.82) is 0 Å². The summed E-state index contributed by atoms with van der Waals surface area (Å²) in [6.07, 6.45) is 1.13. The third-order valence-electron chi connectivity index (χ3n) is 2.31. The van der Waals surface area contributed by atoms with Gasteiger partial charge in [-0.2, -0.15) is 0 Å². The van der Waals surface area contributed by atoms with Crippen molar-refractivity contribution in [3.05, 3.63) is 0 Å². The van der Waals surface area contributed by atoms with Crippen LogP contribution in [0.15, 0.2) is 4.99 Å². The first kappa shape index (κ1) is 17.2. The van der Waals surface area contributed by atoms with Gasteiger partial charge in [0.25, 0.3) is 0 Å². The third kappa shape index (κ3) is 11.7. The highest BCUT2D eigenvalue weighted by Gasteiger charge is 1.98. The fraction of sp³-hybridized carbons (Fsp3) is 0.929. The van der Waals surface area contributed by atoms with E-state index in [2.05, 4.69) is 50.2 Å². The van der Waals surface area contributed by atoms with E-state index in [4.69, 9.17) is 4.74 Å². The molecule has 0 atom stereocenters. The summed E-state index contributed by atoms with van der Waals surface area (Å²) in [6, 6.07) is 0. The average Bonchev–Trinajstić information content (AvgIpc) is 2.27. The van der Waals surface area contributed by atoms with Gasteiger partial charge in [-0.15, -0.1) is 0 Å². The van der Waals surface area contributed by atoms with Gasteiger partial charge in [-0.1, -0.05) is 27.7 Å². The van der Waals surface area contributed by atoms with Crippen molar-refractivity contribution in [3.8, 4) is 0 Å². The summed E-state index contributed by atoms with van der Waals surface area (Å²) in [7, 11) is 0. The molecule has 0 aliphatic carbocycles. The lowest BCUT2D eigenvalue weighted by Crippen LogP contribution is -2.39. The summed E-state index contributed by atoms with van der Waals surface area (Å²) < 4.78 is 5.52. The largest absolute Gasteiger partial charge is 0.379 e. The van der Waals surface area contributed by atoms with Crippen molar-refractivity contribution in [2.75, 3.05) is 32.8 Å². The molecule has 108 valence electrons. The molecule has 4 nitrogen and oxygen atoms in total. The summed E-state index contributed by atoms with van der Waals surface area (Å²) in [6.45, 7) is 15.0. The number of rotatable bonds is 9. The fourth-order valence-corrected chi connectivity index (χ4v) is 1.34. The zero-order chi connectivity index (χ0) is 13.8. The lowest BCUT2D eigenvalue weighted by atomic mass is 10.1. The van der Waals surface area contributed by atoms with Crippen molar-refractivity contribution in [2.45, 2.75) is 41.0 Å². The van der Waals surface area contributed by atoms with Crippen molar-refractivity contribution in [3.63, 3.8) is 0 Å². The molecule has 0 fully saturated rings. The lowest BCUT2D eigenvalue weighted by molar-refractivity contribution is 0.114. The molecule has 0 saturated carbocycles. The Balaban J connectivity index is 3.75. The van der Waals surface area contributed by atoms with Gasteiger partial charge in [-0.25, -0.2) is 0 Å². The van der Waals surface area contributed by atoms with Gasteiger partial charge in [0.1, 0.15) is 0 Å². The topological polar surface area (TPSA) is 45.7 Å². The van der Waals surface area contributed by atoms with Crippen molar-refractivity contribution < 1.29 is 4.74 Å². The Morgan fingerprint density at radius 2 is 1.83 bits per heavy atom. The van der Waals surface area contributed by atoms with E-state index in [1.807, 2.05) is 0 Å². The highest BCUT2D eigenvalue weighted by Crippen LogP contribution is 1.98. The zero-order valence-electron chi connectivity index (χ0n) is 12.8. The Labute approximate surface area is 113 Å². The van der Waals surface area contributed by atoms with E-state index in [1.54, 1.807) is 0 Å². The van der Waals surface area contributed by atoms with Gasteiger partial charge in [0.15, 0.2) is 5.96 Å². The Morgan fingerprint density at radius 1 is 1.11 bits per heavy atom. The molecule has 0 heterocycles. The van der Waals surface area contributed by atoms with E-state index in [0.717, 1.165) is 45.2 Å². The van der Waals surface area contributed by atoms with Gasteiger partial charge in [0.2, 0.25) is 0 Å². The van der Waals surface area contributed by atoms with Gasteiger partial charge < -0.3 is 15.4 Å². The van der Waals surface area contributed by atoms with Gasteiger partial charge in [0, 0.05) is 26.2 Å². The lowest BCUT2D eigenvalue weighted by Gasteiger charge is -2.12. The molecular weight excluding hydrogens is 226 g/mol. The summed E-state index contributed by atoms with van der Waals surface area (Å²) in [4.78, 5) is 4.53. The molecule has 0 unspecified atom stereocenters. The van der Waals surface area contributed by atoms with Gasteiger partial charge in [0.05, 0.1) is 6.61 Å². The smallest absolute Gasteiger partial charge is 0.191 e. The Bertz CT molecular complexity index is 215. The maximum absolute atomic E-state index is 5.52. The van der Waals surface area contributed by atoms with Crippen LogP contribution in [0, 0.1) is 11.8 Å². The summed E-state index contributed by atoms with van der Waals surface area (Å²) >= 11 is 0. The fourth-order valence-electron chi connectivity index (χ4n) is 1.34. The quantitative estimate of drug-likeness (QED) is 0.378. The van der Waals surface area contributed by atoms with Crippen LogP contribution in [0.25, 0.3) is 0 Å². The second-order valence-corrected chi connectivity index (χ2v) is 5.34. The third-order valence-corrected chi connectivity index (χ3v) is 2.31. The van der Waals surface area contributed by atoms with Crippen molar-refractivity contribution >= 4 is 5.96 Å². The molecule has 2 N–H and O–H groups in total. The van der Waals surface area contributed by atoms with Crippen LogP contribution >= 0.6 is 0 Å². The Hall–Kier alpha value is -0.770. The summed E-state index contributed by atoms with van der Waals surface area (Å²) in [5.74, 6) is 2.19. The van der Waals surface area contributed by atoms with E-state index < -0.39 is 0 Å². The van der Waals surface area contributed by atoms with E-state index in [0.29, 0.717) is 11.8 Å². The molecule has 4 heteroatoms. The number of hydrogen-bond donors (Lipinski definition) is 2. The maximum atomic E-state index is 5.52. The van der Waals surface area contributed by atoms with Crippen LogP contribution in [-0.4, -0.2) is 38.8 Å². The standard InChI is InChI=1S/C14H31N3O/c1-6-15-14(16-8-7-12(2)3)17-9-10-18-11-13(4)5/h12-13H,6-11H2,1-5H3,(H2,15,16,17). The van der Waals surface area contributed by atoms with Crippen LogP contribution in [0.5, 0.6) is 0 Å². The molecule has 18 heavy (non-hydrogen) atoms. The molecule has 0 saturated heterocycles. The number of hydrogen-bond acceptors (Lipinski definition) is 2. The molecule has 0 aliphatic heterocycles. The molecule has 0 aromatic carbocycles. The number of ether oxygens (including phenoxy) is 1. The second kappa shape index (κ2) is 11.3. The van der Waals surface area contributed by atoms with Crippen LogP contribution in [0.2, 0.25) is 0 Å². The Morgan fingerprint density at radius 3 is 2.39 bits per heavy atom. The number of aliphatic imine (C=N–C) groups is 1. The molecule has 0 aromatic heterocycles. The predicted molar refractivity (Wildman–Crippen MR) is 79.1 cm³/mol.